The molecule has 0 bridgehead atoms. The van der Waals surface area contributed by atoms with Crippen LogP contribution >= 0.6 is 0 Å². The third-order valence-corrected chi connectivity index (χ3v) is 6.97. The first kappa shape index (κ1) is 17.8. The standard InChI is InChI=1S/C24H22N2O4/c1-2-24(29)18-10-20-21-16(11-26(20)22(27)17(18)12-30-23(24)28)8-15-7-13-5-3-4-6-14(13)9-19(15)25-21/h7-10,29H,2-6,11-12H2,1H3. The number of cyclic esters (lactones) is 1. The second kappa shape index (κ2) is 6.01. The zero-order chi connectivity index (χ0) is 20.6. The SMILES string of the molecule is CCC1(O)C(=O)OCc2c1cc1n(c2=O)Cc2cc3cc4c(cc3nc2-1)CCCC4. The van der Waals surface area contributed by atoms with Gasteiger partial charge in [0.15, 0.2) is 5.60 Å². The minimum absolute atomic E-state index is 0.103. The van der Waals surface area contributed by atoms with Gasteiger partial charge in [-0.2, -0.15) is 0 Å². The summed E-state index contributed by atoms with van der Waals surface area (Å²) in [5.74, 6) is -0.696. The normalized spacial score (nSPS) is 21.6. The summed E-state index contributed by atoms with van der Waals surface area (Å²) in [6, 6.07) is 8.33. The number of benzene rings is 1. The monoisotopic (exact) mass is 402 g/mol. The first-order chi connectivity index (χ1) is 14.5. The largest absolute Gasteiger partial charge is 0.458 e. The lowest BCUT2D eigenvalue weighted by atomic mass is 9.86. The van der Waals surface area contributed by atoms with Crippen LogP contribution in [0.3, 0.4) is 0 Å². The number of aryl methyl sites for hydroxylation is 2. The van der Waals surface area contributed by atoms with Crippen molar-refractivity contribution in [3.8, 4) is 11.4 Å². The highest BCUT2D eigenvalue weighted by Crippen LogP contribution is 2.39. The Morgan fingerprint density at radius 1 is 1.10 bits per heavy atom. The number of carbonyl (C=O) groups is 1. The Morgan fingerprint density at radius 3 is 2.60 bits per heavy atom. The summed E-state index contributed by atoms with van der Waals surface area (Å²) in [5, 5.41) is 12.1. The molecule has 0 radical (unpaired) electrons. The maximum absolute atomic E-state index is 13.2. The van der Waals surface area contributed by atoms with Gasteiger partial charge in [-0.3, -0.25) is 4.79 Å². The highest BCUT2D eigenvalue weighted by molar-refractivity contribution is 5.87. The van der Waals surface area contributed by atoms with Crippen LogP contribution in [0.4, 0.5) is 0 Å². The third-order valence-electron chi connectivity index (χ3n) is 6.97. The Labute approximate surface area is 173 Å². The number of aliphatic hydroxyl groups is 1. The second-order valence-corrected chi connectivity index (χ2v) is 8.62. The number of esters is 1. The van der Waals surface area contributed by atoms with Crippen LogP contribution in [0.2, 0.25) is 0 Å². The van der Waals surface area contributed by atoms with Gasteiger partial charge in [-0.25, -0.2) is 9.78 Å². The van der Waals surface area contributed by atoms with Crippen LogP contribution < -0.4 is 5.56 Å². The van der Waals surface area contributed by atoms with Crippen LogP contribution in [0.15, 0.2) is 29.1 Å². The Balaban J connectivity index is 1.59. The van der Waals surface area contributed by atoms with Crippen molar-refractivity contribution in [2.75, 3.05) is 0 Å². The Kier molecular flexibility index (Phi) is 3.58. The molecule has 1 N–H and O–H groups in total. The van der Waals surface area contributed by atoms with Crippen molar-refractivity contribution in [1.29, 1.82) is 0 Å². The molecule has 0 amide bonds. The molecule has 6 heteroatoms. The molecule has 0 saturated heterocycles. The number of nitrogens with zero attached hydrogens (tertiary/aromatic N) is 2. The summed E-state index contributed by atoms with van der Waals surface area (Å²) in [6.45, 7) is 2.05. The number of hydrogen-bond acceptors (Lipinski definition) is 5. The third kappa shape index (κ3) is 2.25. The molecule has 1 aromatic carbocycles. The molecule has 2 aromatic heterocycles. The summed E-state index contributed by atoms with van der Waals surface area (Å²) in [5.41, 5.74) is 4.82. The predicted molar refractivity (Wildman–Crippen MR) is 111 cm³/mol. The highest BCUT2D eigenvalue weighted by atomic mass is 16.6. The second-order valence-electron chi connectivity index (χ2n) is 8.62. The minimum atomic E-state index is -1.79. The van der Waals surface area contributed by atoms with Gasteiger partial charge in [-0.1, -0.05) is 6.92 Å². The Hall–Kier alpha value is -2.99. The maximum atomic E-state index is 13.2. The first-order valence-corrected chi connectivity index (χ1v) is 10.6. The fourth-order valence-corrected chi connectivity index (χ4v) is 5.22. The number of carbonyl (C=O) groups excluding carboxylic acids is 1. The molecule has 0 saturated carbocycles. The Bertz CT molecular complexity index is 1320. The van der Waals surface area contributed by atoms with Crippen LogP contribution in [0.1, 0.15) is 54.0 Å². The summed E-state index contributed by atoms with van der Waals surface area (Å²) in [4.78, 5) is 30.4. The van der Waals surface area contributed by atoms with E-state index in [1.807, 2.05) is 0 Å². The summed E-state index contributed by atoms with van der Waals surface area (Å²) < 4.78 is 6.82. The van der Waals surface area contributed by atoms with Crippen molar-refractivity contribution in [2.45, 2.75) is 57.8 Å². The lowest BCUT2D eigenvalue weighted by Gasteiger charge is -2.31. The van der Waals surface area contributed by atoms with Gasteiger partial charge in [0.1, 0.15) is 6.61 Å². The van der Waals surface area contributed by atoms with Gasteiger partial charge in [-0.05, 0) is 67.5 Å². The molecule has 2 aliphatic heterocycles. The number of ether oxygens (including phenoxy) is 1. The lowest BCUT2D eigenvalue weighted by Crippen LogP contribution is -2.44. The van der Waals surface area contributed by atoms with Gasteiger partial charge >= 0.3 is 5.97 Å². The number of rotatable bonds is 1. The van der Waals surface area contributed by atoms with Gasteiger partial charge in [0.2, 0.25) is 0 Å². The van der Waals surface area contributed by atoms with Crippen molar-refractivity contribution in [3.05, 3.63) is 62.4 Å². The van der Waals surface area contributed by atoms with Gasteiger partial charge in [0, 0.05) is 16.5 Å². The van der Waals surface area contributed by atoms with E-state index in [2.05, 4.69) is 18.2 Å². The molecular weight excluding hydrogens is 380 g/mol. The van der Waals surface area contributed by atoms with Crippen LogP contribution in [-0.2, 0) is 41.1 Å². The van der Waals surface area contributed by atoms with Gasteiger partial charge < -0.3 is 14.4 Å². The summed E-state index contributed by atoms with van der Waals surface area (Å²) in [6.07, 6.45) is 4.77. The van der Waals surface area contributed by atoms with Crippen LogP contribution in [0, 0.1) is 0 Å². The molecule has 3 aliphatic rings. The van der Waals surface area contributed by atoms with E-state index in [4.69, 9.17) is 9.72 Å². The molecule has 30 heavy (non-hydrogen) atoms. The van der Waals surface area contributed by atoms with E-state index >= 15 is 0 Å². The van der Waals surface area contributed by atoms with Crippen LogP contribution in [0.25, 0.3) is 22.3 Å². The van der Waals surface area contributed by atoms with Crippen molar-refractivity contribution < 1.29 is 14.6 Å². The smallest absolute Gasteiger partial charge is 0.343 e. The number of hydrogen-bond donors (Lipinski definition) is 1. The highest BCUT2D eigenvalue weighted by Gasteiger charge is 2.45. The average molecular weight is 402 g/mol. The number of fused-ring (bicyclic) bond motifs is 6. The fourth-order valence-electron chi connectivity index (χ4n) is 5.22. The van der Waals surface area contributed by atoms with Gasteiger partial charge in [0.25, 0.3) is 5.56 Å². The summed E-state index contributed by atoms with van der Waals surface area (Å²) in [7, 11) is 0. The van der Waals surface area contributed by atoms with E-state index in [9.17, 15) is 14.7 Å². The maximum Gasteiger partial charge on any atom is 0.343 e. The van der Waals surface area contributed by atoms with E-state index in [0.29, 0.717) is 23.4 Å². The Morgan fingerprint density at radius 2 is 1.83 bits per heavy atom. The average Bonchev–Trinajstić information content (AvgIpc) is 3.11. The van der Waals surface area contributed by atoms with E-state index in [1.54, 1.807) is 17.6 Å². The van der Waals surface area contributed by atoms with E-state index in [-0.39, 0.29) is 18.6 Å². The quantitative estimate of drug-likeness (QED) is 0.495. The lowest BCUT2D eigenvalue weighted by molar-refractivity contribution is -0.172. The molecule has 1 atom stereocenters. The molecular formula is C24H22N2O4. The van der Waals surface area contributed by atoms with Crippen LogP contribution in [-0.4, -0.2) is 20.6 Å². The molecule has 0 fully saturated rings. The molecule has 6 rings (SSSR count). The van der Waals surface area contributed by atoms with Crippen LogP contribution in [0.5, 0.6) is 0 Å². The predicted octanol–water partition coefficient (Wildman–Crippen LogP) is 2.96. The molecule has 3 aromatic rings. The van der Waals surface area contributed by atoms with Gasteiger partial charge in [0.05, 0.1) is 29.0 Å². The molecule has 1 aliphatic carbocycles. The molecule has 6 nitrogen and oxygen atoms in total. The van der Waals surface area contributed by atoms with Crippen molar-refractivity contribution in [1.82, 2.24) is 9.55 Å². The topological polar surface area (TPSA) is 81.4 Å². The number of pyridine rings is 2. The van der Waals surface area contributed by atoms with Crippen molar-refractivity contribution in [3.63, 3.8) is 0 Å². The fraction of sp³-hybridized carbons (Fsp3) is 0.375. The zero-order valence-electron chi connectivity index (χ0n) is 16.8. The van der Waals surface area contributed by atoms with E-state index in [1.165, 1.54) is 24.0 Å². The summed E-state index contributed by atoms with van der Waals surface area (Å²) >= 11 is 0. The molecule has 1 unspecified atom stereocenters. The van der Waals surface area contributed by atoms with Gasteiger partial charge in [-0.15, -0.1) is 0 Å². The van der Waals surface area contributed by atoms with E-state index in [0.717, 1.165) is 35.0 Å². The zero-order valence-corrected chi connectivity index (χ0v) is 16.8. The molecule has 0 spiro atoms. The van der Waals surface area contributed by atoms with Crippen molar-refractivity contribution >= 4 is 16.9 Å². The minimum Gasteiger partial charge on any atom is -0.458 e. The van der Waals surface area contributed by atoms with Crippen molar-refractivity contribution in [2.24, 2.45) is 0 Å². The van der Waals surface area contributed by atoms with E-state index < -0.39 is 11.6 Å². The first-order valence-electron chi connectivity index (χ1n) is 10.6. The molecule has 4 heterocycles. The molecule has 152 valence electrons. The number of aromatic nitrogens is 2.